The van der Waals surface area contributed by atoms with E-state index in [0.29, 0.717) is 0 Å². The van der Waals surface area contributed by atoms with Crippen LogP contribution >= 0.6 is 0 Å². The second-order valence-electron chi connectivity index (χ2n) is 16.7. The number of benzene rings is 9. The maximum Gasteiger partial charge on any atom is 0.179 e. The lowest BCUT2D eigenvalue weighted by Crippen LogP contribution is -2.74. The van der Waals surface area contributed by atoms with E-state index in [4.69, 9.17) is 4.98 Å². The Labute approximate surface area is 371 Å². The molecule has 4 aromatic heterocycles. The van der Waals surface area contributed by atoms with Crippen molar-refractivity contribution in [1.82, 2.24) is 18.7 Å². The smallest absolute Gasteiger partial charge is 0.179 e. The highest BCUT2D eigenvalue weighted by molar-refractivity contribution is 7.19. The Morgan fingerprint density at radius 2 is 0.672 bits per heavy atom. The molecule has 0 aliphatic heterocycles. The van der Waals surface area contributed by atoms with Gasteiger partial charge in [-0.3, -0.25) is 4.57 Å². The number of hydrogen-bond acceptors (Lipinski definition) is 1. The van der Waals surface area contributed by atoms with Crippen molar-refractivity contribution in [3.8, 4) is 17.1 Å². The number of pyridine rings is 1. The van der Waals surface area contributed by atoms with E-state index in [9.17, 15) is 0 Å². The molecule has 13 rings (SSSR count). The summed E-state index contributed by atoms with van der Waals surface area (Å²) in [5, 5.41) is 12.7. The molecular weight excluding hydrogens is 793 g/mol. The Kier molecular flexibility index (Phi) is 8.20. The van der Waals surface area contributed by atoms with Gasteiger partial charge in [-0.05, 0) is 93.5 Å². The van der Waals surface area contributed by atoms with Gasteiger partial charge in [0.25, 0.3) is 0 Å². The van der Waals surface area contributed by atoms with Crippen LogP contribution in [0.1, 0.15) is 0 Å². The molecule has 0 atom stereocenters. The average molecular weight is 833 g/mol. The first-order chi connectivity index (χ1) is 31.8. The van der Waals surface area contributed by atoms with Crippen LogP contribution in [-0.4, -0.2) is 26.8 Å². The summed E-state index contributed by atoms with van der Waals surface area (Å²) in [5.74, 6) is 0. The van der Waals surface area contributed by atoms with Gasteiger partial charge in [-0.2, -0.15) is 0 Å². The molecule has 0 N–H and O–H groups in total. The van der Waals surface area contributed by atoms with Crippen LogP contribution in [0, 0.1) is 0 Å². The predicted molar refractivity (Wildman–Crippen MR) is 271 cm³/mol. The number of fused-ring (bicyclic) bond motifs is 9. The SMILES string of the molecule is c1ccc([Si](c2ccccc2)(c2ccccc2)c2ccc(-n3c4ccccc4c4cc(-n5c6ccccc6c6ccc(-n7c8ccccc8c8cccnc87)cc65)ccc43)cc2)cc1. The third-order valence-electron chi connectivity index (χ3n) is 13.4. The van der Waals surface area contributed by atoms with Crippen molar-refractivity contribution in [2.75, 3.05) is 0 Å². The largest absolute Gasteiger partial charge is 0.309 e. The molecule has 5 heteroatoms. The van der Waals surface area contributed by atoms with Crippen LogP contribution in [-0.2, 0) is 0 Å². The molecular formula is C59H40N4Si. The third kappa shape index (κ3) is 5.31. The summed E-state index contributed by atoms with van der Waals surface area (Å²) in [5.41, 5.74) is 10.1. The van der Waals surface area contributed by atoms with Crippen molar-refractivity contribution >= 4 is 94.4 Å². The van der Waals surface area contributed by atoms with Gasteiger partial charge in [0.2, 0.25) is 0 Å². The zero-order valence-electron chi connectivity index (χ0n) is 34.9. The molecule has 9 aromatic carbocycles. The molecule has 0 radical (unpaired) electrons. The van der Waals surface area contributed by atoms with Crippen molar-refractivity contribution in [3.05, 3.63) is 243 Å². The molecule has 0 saturated carbocycles. The highest BCUT2D eigenvalue weighted by atomic mass is 28.3. The van der Waals surface area contributed by atoms with E-state index in [2.05, 4.69) is 244 Å². The van der Waals surface area contributed by atoms with Crippen LogP contribution in [0.25, 0.3) is 82.6 Å². The van der Waals surface area contributed by atoms with Gasteiger partial charge in [0.1, 0.15) is 5.65 Å². The van der Waals surface area contributed by atoms with Gasteiger partial charge < -0.3 is 9.13 Å². The lowest BCUT2D eigenvalue weighted by molar-refractivity contribution is 1.13. The molecule has 13 aromatic rings. The summed E-state index contributed by atoms with van der Waals surface area (Å²) in [4.78, 5) is 4.90. The Hall–Kier alpha value is -8.25. The van der Waals surface area contributed by atoms with Crippen LogP contribution in [0.4, 0.5) is 0 Å². The number of aromatic nitrogens is 4. The minimum Gasteiger partial charge on any atom is -0.309 e. The molecule has 0 bridgehead atoms. The molecule has 4 heterocycles. The van der Waals surface area contributed by atoms with Gasteiger partial charge in [0.05, 0.1) is 27.6 Å². The van der Waals surface area contributed by atoms with Crippen molar-refractivity contribution in [3.63, 3.8) is 0 Å². The summed E-state index contributed by atoms with van der Waals surface area (Å²) >= 11 is 0. The highest BCUT2D eigenvalue weighted by Gasteiger charge is 2.41. The van der Waals surface area contributed by atoms with E-state index in [0.717, 1.165) is 39.1 Å². The van der Waals surface area contributed by atoms with Crippen LogP contribution in [0.2, 0.25) is 0 Å². The lowest BCUT2D eigenvalue weighted by Gasteiger charge is -2.34. The van der Waals surface area contributed by atoms with E-state index < -0.39 is 8.07 Å². The normalized spacial score (nSPS) is 12.1. The first kappa shape index (κ1) is 36.4. The third-order valence-corrected chi connectivity index (χ3v) is 18.2. The Morgan fingerprint density at radius 3 is 1.28 bits per heavy atom. The summed E-state index contributed by atoms with van der Waals surface area (Å²) in [6, 6.07) is 87.2. The predicted octanol–water partition coefficient (Wildman–Crippen LogP) is 11.8. The summed E-state index contributed by atoms with van der Waals surface area (Å²) in [6.45, 7) is 0. The number of para-hydroxylation sites is 3. The fraction of sp³-hybridized carbons (Fsp3) is 0. The van der Waals surface area contributed by atoms with E-state index in [1.807, 2.05) is 12.3 Å². The second-order valence-corrected chi connectivity index (χ2v) is 20.5. The summed E-state index contributed by atoms with van der Waals surface area (Å²) in [7, 11) is -2.66. The number of rotatable bonds is 7. The van der Waals surface area contributed by atoms with Gasteiger partial charge in [0.15, 0.2) is 8.07 Å². The number of hydrogen-bond donors (Lipinski definition) is 0. The lowest BCUT2D eigenvalue weighted by atomic mass is 10.1. The molecule has 64 heavy (non-hydrogen) atoms. The van der Waals surface area contributed by atoms with Crippen molar-refractivity contribution in [2.24, 2.45) is 0 Å². The molecule has 0 aliphatic carbocycles. The molecule has 0 saturated heterocycles. The van der Waals surface area contributed by atoms with E-state index in [1.54, 1.807) is 0 Å². The van der Waals surface area contributed by atoms with Gasteiger partial charge in [0, 0.05) is 55.6 Å². The Balaban J connectivity index is 0.995. The first-order valence-corrected chi connectivity index (χ1v) is 24.0. The first-order valence-electron chi connectivity index (χ1n) is 22.0. The van der Waals surface area contributed by atoms with E-state index >= 15 is 0 Å². The average Bonchev–Trinajstić information content (AvgIpc) is 4.01. The topological polar surface area (TPSA) is 27.7 Å². The van der Waals surface area contributed by atoms with E-state index in [-0.39, 0.29) is 0 Å². The number of nitrogens with zero attached hydrogens (tertiary/aromatic N) is 4. The van der Waals surface area contributed by atoms with Crippen LogP contribution < -0.4 is 20.7 Å². The van der Waals surface area contributed by atoms with Crippen LogP contribution in [0.5, 0.6) is 0 Å². The van der Waals surface area contributed by atoms with E-state index in [1.165, 1.54) is 64.2 Å². The zero-order chi connectivity index (χ0) is 42.2. The van der Waals surface area contributed by atoms with Gasteiger partial charge in [-0.15, -0.1) is 0 Å². The Bertz CT molecular complexity index is 3730. The van der Waals surface area contributed by atoms with Gasteiger partial charge in [-0.1, -0.05) is 164 Å². The maximum absolute atomic E-state index is 4.90. The fourth-order valence-electron chi connectivity index (χ4n) is 10.7. The molecule has 0 unspecified atom stereocenters. The van der Waals surface area contributed by atoms with Crippen molar-refractivity contribution in [2.45, 2.75) is 0 Å². The van der Waals surface area contributed by atoms with Crippen molar-refractivity contribution in [1.29, 1.82) is 0 Å². The van der Waals surface area contributed by atoms with Crippen molar-refractivity contribution < 1.29 is 0 Å². The quantitative estimate of drug-likeness (QED) is 0.116. The highest BCUT2D eigenvalue weighted by Crippen LogP contribution is 2.39. The molecule has 300 valence electrons. The summed E-state index contributed by atoms with van der Waals surface area (Å²) in [6.07, 6.45) is 1.89. The molecule has 0 spiro atoms. The molecule has 4 nitrogen and oxygen atoms in total. The molecule has 0 aliphatic rings. The van der Waals surface area contributed by atoms with Crippen LogP contribution in [0.15, 0.2) is 243 Å². The minimum absolute atomic E-state index is 0.959. The standard InChI is InChI=1S/C59H40N4Si/c1-4-17-44(18-5-1)64(45-19-6-2-7-20-45,46-21-8-3-9-22-46)47-34-30-41(31-35-47)61-55-28-14-12-25-50(55)53-39-42(33-37-57(53)61)62-54-27-13-10-23-48(54)51-36-32-43(40-58(51)62)63-56-29-15-11-24-49(56)52-26-16-38-60-59(52)63/h1-40H. The zero-order valence-corrected chi connectivity index (χ0v) is 35.9. The molecule has 0 amide bonds. The monoisotopic (exact) mass is 832 g/mol. The van der Waals surface area contributed by atoms with Crippen LogP contribution in [0.3, 0.4) is 0 Å². The summed E-state index contributed by atoms with van der Waals surface area (Å²) < 4.78 is 7.19. The van der Waals surface area contributed by atoms with Gasteiger partial charge >= 0.3 is 0 Å². The maximum atomic E-state index is 4.90. The molecule has 0 fully saturated rings. The Morgan fingerprint density at radius 1 is 0.266 bits per heavy atom. The fourth-order valence-corrected chi connectivity index (χ4v) is 15.5. The second kappa shape index (κ2) is 14.4. The van der Waals surface area contributed by atoms with Gasteiger partial charge in [-0.25, -0.2) is 4.98 Å². The minimum atomic E-state index is -2.66.